The zero-order valence-electron chi connectivity index (χ0n) is 11.5. The van der Waals surface area contributed by atoms with Crippen molar-refractivity contribution >= 4 is 16.9 Å². The van der Waals surface area contributed by atoms with Crippen LogP contribution in [-0.2, 0) is 6.61 Å². The van der Waals surface area contributed by atoms with Crippen LogP contribution in [0.1, 0.15) is 21.7 Å². The molecule has 0 spiro atoms. The average molecular weight is 281 g/mol. The molecule has 0 saturated heterocycles. The number of carbonyl (C=O) groups is 1. The summed E-state index contributed by atoms with van der Waals surface area (Å²) in [6, 6.07) is 14.9. The summed E-state index contributed by atoms with van der Waals surface area (Å²) < 4.78 is 11.1. The van der Waals surface area contributed by atoms with Gasteiger partial charge in [0, 0.05) is 10.9 Å². The molecule has 0 amide bonds. The van der Waals surface area contributed by atoms with Gasteiger partial charge in [0.15, 0.2) is 0 Å². The van der Waals surface area contributed by atoms with Crippen molar-refractivity contribution in [1.82, 2.24) is 0 Å². The van der Waals surface area contributed by atoms with Crippen LogP contribution in [0.3, 0.4) is 0 Å². The van der Waals surface area contributed by atoms with Gasteiger partial charge < -0.3 is 19.1 Å². The Hall–Kier alpha value is -2.75. The Morgan fingerprint density at radius 2 is 1.95 bits per heavy atom. The predicted molar refractivity (Wildman–Crippen MR) is 76.1 cm³/mol. The van der Waals surface area contributed by atoms with Gasteiger partial charge in [-0.05, 0) is 30.7 Å². The van der Waals surface area contributed by atoms with Gasteiger partial charge in [0.05, 0.1) is 5.97 Å². The minimum absolute atomic E-state index is 0.0789. The van der Waals surface area contributed by atoms with Gasteiger partial charge in [-0.15, -0.1) is 0 Å². The first-order valence-corrected chi connectivity index (χ1v) is 6.56. The molecular formula is C17H13O4-. The summed E-state index contributed by atoms with van der Waals surface area (Å²) in [7, 11) is 0. The van der Waals surface area contributed by atoms with Crippen LogP contribution in [0.4, 0.5) is 0 Å². The number of carboxylic acid groups (broad SMARTS) is 1. The molecule has 4 heteroatoms. The van der Waals surface area contributed by atoms with E-state index in [1.54, 1.807) is 25.1 Å². The average Bonchev–Trinajstić information content (AvgIpc) is 2.81. The molecule has 2 aromatic carbocycles. The topological polar surface area (TPSA) is 62.5 Å². The highest BCUT2D eigenvalue weighted by Crippen LogP contribution is 2.29. The molecule has 3 aromatic rings. The fourth-order valence-corrected chi connectivity index (χ4v) is 2.28. The number of ether oxygens (including phenoxy) is 1. The molecular weight excluding hydrogens is 268 g/mol. The minimum Gasteiger partial charge on any atom is -0.545 e. The zero-order valence-corrected chi connectivity index (χ0v) is 11.5. The fraction of sp³-hybridized carbons (Fsp3) is 0.118. The Balaban J connectivity index is 1.90. The van der Waals surface area contributed by atoms with Crippen molar-refractivity contribution in [2.24, 2.45) is 0 Å². The van der Waals surface area contributed by atoms with E-state index in [1.165, 1.54) is 0 Å². The van der Waals surface area contributed by atoms with Gasteiger partial charge in [-0.3, -0.25) is 0 Å². The van der Waals surface area contributed by atoms with Crippen LogP contribution in [0, 0.1) is 6.92 Å². The van der Waals surface area contributed by atoms with E-state index in [4.69, 9.17) is 9.15 Å². The molecule has 0 atom stereocenters. The molecule has 0 bridgehead atoms. The second kappa shape index (κ2) is 5.32. The first-order chi connectivity index (χ1) is 10.1. The van der Waals surface area contributed by atoms with E-state index in [0.717, 1.165) is 5.56 Å². The van der Waals surface area contributed by atoms with Gasteiger partial charge in [-0.2, -0.15) is 0 Å². The molecule has 0 saturated carbocycles. The van der Waals surface area contributed by atoms with Crippen molar-refractivity contribution in [1.29, 1.82) is 0 Å². The molecule has 0 aliphatic rings. The van der Waals surface area contributed by atoms with Crippen molar-refractivity contribution in [3.8, 4) is 5.75 Å². The largest absolute Gasteiger partial charge is 0.545 e. The van der Waals surface area contributed by atoms with E-state index >= 15 is 0 Å². The first-order valence-electron chi connectivity index (χ1n) is 6.56. The Morgan fingerprint density at radius 3 is 2.67 bits per heavy atom. The van der Waals surface area contributed by atoms with Gasteiger partial charge in [0.25, 0.3) is 0 Å². The third-order valence-corrected chi connectivity index (χ3v) is 3.29. The lowest BCUT2D eigenvalue weighted by molar-refractivity contribution is -0.254. The maximum Gasteiger partial charge on any atom is 0.135 e. The maximum absolute atomic E-state index is 11.2. The van der Waals surface area contributed by atoms with E-state index in [-0.39, 0.29) is 5.56 Å². The molecule has 0 N–H and O–H groups in total. The SMILES string of the molecule is Cc1oc2ccc(OCc3ccccc3)cc2c1C(=O)[O-]. The minimum atomic E-state index is -1.24. The molecule has 0 aliphatic heterocycles. The van der Waals surface area contributed by atoms with Gasteiger partial charge in [-0.25, -0.2) is 0 Å². The quantitative estimate of drug-likeness (QED) is 0.737. The second-order valence-corrected chi connectivity index (χ2v) is 4.75. The molecule has 4 nitrogen and oxygen atoms in total. The molecule has 1 aromatic heterocycles. The van der Waals surface area contributed by atoms with Crippen molar-refractivity contribution < 1.29 is 19.1 Å². The number of rotatable bonds is 4. The summed E-state index contributed by atoms with van der Waals surface area (Å²) in [5, 5.41) is 11.7. The highest BCUT2D eigenvalue weighted by molar-refractivity contribution is 6.03. The molecule has 0 unspecified atom stereocenters. The second-order valence-electron chi connectivity index (χ2n) is 4.75. The van der Waals surface area contributed by atoms with E-state index < -0.39 is 5.97 Å². The fourth-order valence-electron chi connectivity index (χ4n) is 2.28. The molecule has 0 aliphatic carbocycles. The van der Waals surface area contributed by atoms with Crippen LogP contribution in [0.15, 0.2) is 52.9 Å². The summed E-state index contributed by atoms with van der Waals surface area (Å²) in [5.41, 5.74) is 1.63. The number of hydrogen-bond donors (Lipinski definition) is 0. The first kappa shape index (κ1) is 13.2. The third-order valence-electron chi connectivity index (χ3n) is 3.29. The van der Waals surface area contributed by atoms with E-state index in [9.17, 15) is 9.90 Å². The zero-order chi connectivity index (χ0) is 14.8. The molecule has 106 valence electrons. The predicted octanol–water partition coefficient (Wildman–Crippen LogP) is 2.68. The molecule has 1 heterocycles. The van der Waals surface area contributed by atoms with E-state index in [0.29, 0.717) is 29.1 Å². The maximum atomic E-state index is 11.2. The van der Waals surface area contributed by atoms with Crippen molar-refractivity contribution in [3.05, 3.63) is 65.4 Å². The number of furan rings is 1. The Labute approximate surface area is 121 Å². The number of carboxylic acids is 1. The molecule has 3 rings (SSSR count). The molecule has 21 heavy (non-hydrogen) atoms. The van der Waals surface area contributed by atoms with Gasteiger partial charge in [0.2, 0.25) is 0 Å². The highest BCUT2D eigenvalue weighted by Gasteiger charge is 2.12. The molecule has 0 fully saturated rings. The van der Waals surface area contributed by atoms with Gasteiger partial charge >= 0.3 is 0 Å². The molecule has 0 radical (unpaired) electrons. The van der Waals surface area contributed by atoms with Crippen LogP contribution in [0.25, 0.3) is 11.0 Å². The third kappa shape index (κ3) is 2.60. The number of benzene rings is 2. The Bertz CT molecular complexity index is 787. The standard InChI is InChI=1S/C17H14O4/c1-11-16(17(18)19)14-9-13(7-8-15(14)21-11)20-10-12-5-3-2-4-6-12/h2-9H,10H2,1H3,(H,18,19)/p-1. The highest BCUT2D eigenvalue weighted by atomic mass is 16.5. The van der Waals surface area contributed by atoms with Crippen molar-refractivity contribution in [2.75, 3.05) is 0 Å². The summed E-state index contributed by atoms with van der Waals surface area (Å²) in [5.74, 6) is -0.314. The van der Waals surface area contributed by atoms with Crippen LogP contribution >= 0.6 is 0 Å². The Kier molecular flexibility index (Phi) is 3.36. The van der Waals surface area contributed by atoms with Crippen LogP contribution in [0.2, 0.25) is 0 Å². The number of aryl methyl sites for hydroxylation is 1. The van der Waals surface area contributed by atoms with Crippen LogP contribution < -0.4 is 9.84 Å². The number of hydrogen-bond acceptors (Lipinski definition) is 4. The number of aromatic carboxylic acids is 1. The summed E-state index contributed by atoms with van der Waals surface area (Å²) in [6.07, 6.45) is 0. The monoisotopic (exact) mass is 281 g/mol. The van der Waals surface area contributed by atoms with Gasteiger partial charge in [-0.1, -0.05) is 30.3 Å². The van der Waals surface area contributed by atoms with E-state index in [1.807, 2.05) is 30.3 Å². The summed E-state index contributed by atoms with van der Waals surface area (Å²) >= 11 is 0. The Morgan fingerprint density at radius 1 is 1.19 bits per heavy atom. The summed E-state index contributed by atoms with van der Waals surface area (Å²) in [4.78, 5) is 11.2. The lowest BCUT2D eigenvalue weighted by Gasteiger charge is -2.07. The normalized spacial score (nSPS) is 10.7. The lowest BCUT2D eigenvalue weighted by Crippen LogP contribution is -2.22. The van der Waals surface area contributed by atoms with Crippen LogP contribution in [0.5, 0.6) is 5.75 Å². The lowest BCUT2D eigenvalue weighted by atomic mass is 10.1. The number of fused-ring (bicyclic) bond motifs is 1. The van der Waals surface area contributed by atoms with Crippen LogP contribution in [-0.4, -0.2) is 5.97 Å². The van der Waals surface area contributed by atoms with Crippen molar-refractivity contribution in [2.45, 2.75) is 13.5 Å². The van der Waals surface area contributed by atoms with Crippen molar-refractivity contribution in [3.63, 3.8) is 0 Å². The van der Waals surface area contributed by atoms with E-state index in [2.05, 4.69) is 0 Å². The summed E-state index contributed by atoms with van der Waals surface area (Å²) in [6.45, 7) is 2.03. The smallest absolute Gasteiger partial charge is 0.135 e. The van der Waals surface area contributed by atoms with Gasteiger partial charge in [0.1, 0.15) is 23.7 Å². The number of carbonyl (C=O) groups excluding carboxylic acids is 1.